The summed E-state index contributed by atoms with van der Waals surface area (Å²) in [4.78, 5) is 24.1. The number of nitrogens with zero attached hydrogens (tertiary/aromatic N) is 1. The Morgan fingerprint density at radius 3 is 2.52 bits per heavy atom. The summed E-state index contributed by atoms with van der Waals surface area (Å²) in [5.41, 5.74) is -2.12. The highest BCUT2D eigenvalue weighted by Crippen LogP contribution is 2.24. The molecule has 1 atom stereocenters. The highest BCUT2D eigenvalue weighted by atomic mass is 19.2. The number of hydrogen-bond acceptors (Lipinski definition) is 4. The zero-order chi connectivity index (χ0) is 17.3. The third-order valence-electron chi connectivity index (χ3n) is 3.33. The molecule has 0 aliphatic rings. The molecule has 0 aliphatic heterocycles. The van der Waals surface area contributed by atoms with Crippen LogP contribution in [0.2, 0.25) is 0 Å². The molecule has 1 N–H and O–H groups in total. The van der Waals surface area contributed by atoms with Gasteiger partial charge in [0, 0.05) is 6.20 Å². The quantitative estimate of drug-likeness (QED) is 0.691. The fourth-order valence-electron chi connectivity index (χ4n) is 2.20. The number of benzene rings is 1. The van der Waals surface area contributed by atoms with Crippen LogP contribution in [0.3, 0.4) is 0 Å². The Balaban J connectivity index is 2.95. The summed E-state index contributed by atoms with van der Waals surface area (Å²) in [7, 11) is 0. The SMILES string of the molecule is CCOC(=O)c1cn(C(O)CC)c2c(F)c(F)c(F)cc2c1=O. The molecule has 1 heterocycles. The van der Waals surface area contributed by atoms with E-state index in [-0.39, 0.29) is 13.0 Å². The van der Waals surface area contributed by atoms with E-state index in [9.17, 15) is 27.9 Å². The second kappa shape index (κ2) is 6.41. The van der Waals surface area contributed by atoms with E-state index in [0.29, 0.717) is 6.07 Å². The van der Waals surface area contributed by atoms with Gasteiger partial charge in [0.15, 0.2) is 17.5 Å². The van der Waals surface area contributed by atoms with Crippen LogP contribution in [-0.2, 0) is 4.74 Å². The van der Waals surface area contributed by atoms with Gasteiger partial charge in [-0.15, -0.1) is 0 Å². The molecule has 0 bridgehead atoms. The van der Waals surface area contributed by atoms with Gasteiger partial charge in [-0.2, -0.15) is 0 Å². The Morgan fingerprint density at radius 1 is 1.30 bits per heavy atom. The first-order chi connectivity index (χ1) is 10.8. The van der Waals surface area contributed by atoms with Crippen LogP contribution in [0.4, 0.5) is 13.2 Å². The number of halogens is 3. The van der Waals surface area contributed by atoms with Gasteiger partial charge in [-0.05, 0) is 19.4 Å². The van der Waals surface area contributed by atoms with E-state index < -0.39 is 51.5 Å². The van der Waals surface area contributed by atoms with E-state index in [1.54, 1.807) is 6.92 Å². The zero-order valence-corrected chi connectivity index (χ0v) is 12.4. The van der Waals surface area contributed by atoms with Crippen LogP contribution < -0.4 is 5.43 Å². The fourth-order valence-corrected chi connectivity index (χ4v) is 2.20. The normalized spacial score (nSPS) is 12.4. The molecule has 0 fully saturated rings. The molecule has 5 nitrogen and oxygen atoms in total. The van der Waals surface area contributed by atoms with Crippen molar-refractivity contribution in [1.29, 1.82) is 0 Å². The second-order valence-electron chi connectivity index (χ2n) is 4.77. The Kier molecular flexibility index (Phi) is 4.74. The number of rotatable bonds is 4. The summed E-state index contributed by atoms with van der Waals surface area (Å²) in [6, 6.07) is 0.498. The summed E-state index contributed by atoms with van der Waals surface area (Å²) in [5, 5.41) is 9.41. The first-order valence-corrected chi connectivity index (χ1v) is 6.90. The number of carbonyl (C=O) groups is 1. The van der Waals surface area contributed by atoms with Crippen LogP contribution in [-0.4, -0.2) is 22.2 Å². The van der Waals surface area contributed by atoms with Crippen LogP contribution in [0.25, 0.3) is 10.9 Å². The average molecular weight is 329 g/mol. The van der Waals surface area contributed by atoms with Gasteiger partial charge in [0.2, 0.25) is 5.43 Å². The van der Waals surface area contributed by atoms with Gasteiger partial charge >= 0.3 is 5.97 Å². The molecule has 0 spiro atoms. The maximum atomic E-state index is 14.1. The maximum absolute atomic E-state index is 14.1. The van der Waals surface area contributed by atoms with Gasteiger partial charge in [-0.25, -0.2) is 18.0 Å². The molecule has 1 unspecified atom stereocenters. The minimum atomic E-state index is -1.77. The Bertz CT molecular complexity index is 832. The van der Waals surface area contributed by atoms with E-state index >= 15 is 0 Å². The van der Waals surface area contributed by atoms with Gasteiger partial charge in [0.05, 0.1) is 17.5 Å². The van der Waals surface area contributed by atoms with Crippen LogP contribution in [0, 0.1) is 17.5 Å². The van der Waals surface area contributed by atoms with Crippen molar-refractivity contribution in [2.24, 2.45) is 0 Å². The molecule has 1 aromatic heterocycles. The molecular weight excluding hydrogens is 315 g/mol. The molecule has 0 saturated heterocycles. The summed E-state index contributed by atoms with van der Waals surface area (Å²) in [6.45, 7) is 3.06. The lowest BCUT2D eigenvalue weighted by Crippen LogP contribution is -2.23. The number of ether oxygens (including phenoxy) is 1. The molecule has 1 aromatic carbocycles. The molecule has 0 amide bonds. The number of aromatic nitrogens is 1. The number of esters is 1. The largest absolute Gasteiger partial charge is 0.462 e. The fraction of sp³-hybridized carbons (Fsp3) is 0.333. The Hall–Kier alpha value is -2.35. The van der Waals surface area contributed by atoms with Crippen molar-refractivity contribution in [3.8, 4) is 0 Å². The lowest BCUT2D eigenvalue weighted by Gasteiger charge is -2.18. The van der Waals surface area contributed by atoms with Crippen molar-refractivity contribution >= 4 is 16.9 Å². The smallest absolute Gasteiger partial charge is 0.343 e. The molecule has 124 valence electrons. The van der Waals surface area contributed by atoms with Gasteiger partial charge in [0.25, 0.3) is 0 Å². The molecule has 23 heavy (non-hydrogen) atoms. The minimum absolute atomic E-state index is 0.0151. The van der Waals surface area contributed by atoms with Crippen LogP contribution >= 0.6 is 0 Å². The highest BCUT2D eigenvalue weighted by molar-refractivity contribution is 5.94. The van der Waals surface area contributed by atoms with E-state index in [0.717, 1.165) is 10.8 Å². The van der Waals surface area contributed by atoms with E-state index in [2.05, 4.69) is 0 Å². The number of carbonyl (C=O) groups excluding carboxylic acids is 1. The molecule has 2 aromatic rings. The lowest BCUT2D eigenvalue weighted by molar-refractivity contribution is 0.0521. The highest BCUT2D eigenvalue weighted by Gasteiger charge is 2.24. The average Bonchev–Trinajstić information content (AvgIpc) is 2.53. The summed E-state index contributed by atoms with van der Waals surface area (Å²) < 4.78 is 46.5. The van der Waals surface area contributed by atoms with Crippen LogP contribution in [0.1, 0.15) is 36.9 Å². The standard InChI is InChI=1S/C15H14F3NO4/c1-3-10(20)19-6-8(15(22)23-4-2)14(21)7-5-9(16)11(17)12(18)13(7)19/h5-6,10,20H,3-4H2,1-2H3. The summed E-state index contributed by atoms with van der Waals surface area (Å²) >= 11 is 0. The first kappa shape index (κ1) is 17.0. The van der Waals surface area contributed by atoms with Gasteiger partial charge in [0.1, 0.15) is 11.8 Å². The van der Waals surface area contributed by atoms with Gasteiger partial charge in [-0.1, -0.05) is 6.92 Å². The van der Waals surface area contributed by atoms with E-state index in [1.807, 2.05) is 0 Å². The second-order valence-corrected chi connectivity index (χ2v) is 4.77. The van der Waals surface area contributed by atoms with Crippen molar-refractivity contribution < 1.29 is 27.8 Å². The minimum Gasteiger partial charge on any atom is -0.462 e. The molecular formula is C15H14F3NO4. The van der Waals surface area contributed by atoms with Crippen molar-refractivity contribution in [1.82, 2.24) is 4.57 Å². The lowest BCUT2D eigenvalue weighted by atomic mass is 10.1. The van der Waals surface area contributed by atoms with Gasteiger partial charge < -0.3 is 14.4 Å². The predicted octanol–water partition coefficient (Wildman–Crippen LogP) is 2.50. The molecule has 8 heteroatoms. The Labute approximate surface area is 128 Å². The zero-order valence-electron chi connectivity index (χ0n) is 12.4. The number of hydrogen-bond donors (Lipinski definition) is 1. The predicted molar refractivity (Wildman–Crippen MR) is 75.6 cm³/mol. The van der Waals surface area contributed by atoms with Crippen molar-refractivity contribution in [3.63, 3.8) is 0 Å². The van der Waals surface area contributed by atoms with E-state index in [4.69, 9.17) is 4.74 Å². The van der Waals surface area contributed by atoms with Gasteiger partial charge in [-0.3, -0.25) is 4.79 Å². The summed E-state index contributed by atoms with van der Waals surface area (Å²) in [5.74, 6) is -5.94. The van der Waals surface area contributed by atoms with Crippen molar-refractivity contribution in [2.75, 3.05) is 6.61 Å². The maximum Gasteiger partial charge on any atom is 0.343 e. The molecule has 0 aliphatic carbocycles. The number of aliphatic hydroxyl groups is 1. The number of fused-ring (bicyclic) bond motifs is 1. The third kappa shape index (κ3) is 2.81. The Morgan fingerprint density at radius 2 is 1.96 bits per heavy atom. The van der Waals surface area contributed by atoms with Crippen molar-refractivity contribution in [3.05, 3.63) is 45.5 Å². The topological polar surface area (TPSA) is 68.5 Å². The third-order valence-corrected chi connectivity index (χ3v) is 3.33. The first-order valence-electron chi connectivity index (χ1n) is 6.90. The number of pyridine rings is 1. The summed E-state index contributed by atoms with van der Waals surface area (Å²) in [6.07, 6.45) is -0.374. The monoisotopic (exact) mass is 329 g/mol. The number of aliphatic hydroxyl groups excluding tert-OH is 1. The molecule has 2 rings (SSSR count). The molecule has 0 saturated carbocycles. The van der Waals surface area contributed by atoms with Crippen molar-refractivity contribution in [2.45, 2.75) is 26.5 Å². The van der Waals surface area contributed by atoms with Crippen LogP contribution in [0.5, 0.6) is 0 Å². The van der Waals surface area contributed by atoms with Crippen LogP contribution in [0.15, 0.2) is 17.1 Å². The molecule has 0 radical (unpaired) electrons. The van der Waals surface area contributed by atoms with E-state index in [1.165, 1.54) is 6.92 Å².